The van der Waals surface area contributed by atoms with E-state index in [1.807, 2.05) is 12.1 Å². The summed E-state index contributed by atoms with van der Waals surface area (Å²) in [6.45, 7) is 4.33. The average molecular weight is 322 g/mol. The molecule has 19 heavy (non-hydrogen) atoms. The van der Waals surface area contributed by atoms with E-state index in [-0.39, 0.29) is 0 Å². The van der Waals surface area contributed by atoms with E-state index < -0.39 is 0 Å². The van der Waals surface area contributed by atoms with Crippen molar-refractivity contribution in [2.24, 2.45) is 0 Å². The van der Waals surface area contributed by atoms with Crippen LogP contribution < -0.4 is 10.1 Å². The van der Waals surface area contributed by atoms with Crippen molar-refractivity contribution in [1.82, 2.24) is 9.97 Å². The molecule has 1 N–H and O–H groups in total. The standard InChI is InChI=1S/C14H16BrN3O/c1-9(2)10-5-4-6-11(7-10)17-14-16-8-12(15)13(18-14)19-3/h4-9H,1-3H3,(H,16,17,18). The molecule has 0 unspecified atom stereocenters. The summed E-state index contributed by atoms with van der Waals surface area (Å²) in [7, 11) is 1.58. The molecule has 100 valence electrons. The number of nitrogens with one attached hydrogen (secondary N) is 1. The van der Waals surface area contributed by atoms with Crippen LogP contribution in [-0.2, 0) is 0 Å². The van der Waals surface area contributed by atoms with E-state index in [4.69, 9.17) is 4.74 Å². The first-order valence-corrected chi connectivity index (χ1v) is 6.83. The molecule has 0 spiro atoms. The largest absolute Gasteiger partial charge is 0.480 e. The third-order valence-electron chi connectivity index (χ3n) is 2.71. The van der Waals surface area contributed by atoms with Gasteiger partial charge >= 0.3 is 0 Å². The van der Waals surface area contributed by atoms with Crippen molar-refractivity contribution < 1.29 is 4.74 Å². The quantitative estimate of drug-likeness (QED) is 0.920. The second-order valence-corrected chi connectivity index (χ2v) is 5.31. The van der Waals surface area contributed by atoms with Gasteiger partial charge in [0.1, 0.15) is 0 Å². The van der Waals surface area contributed by atoms with E-state index in [0.29, 0.717) is 17.7 Å². The summed E-state index contributed by atoms with van der Waals surface area (Å²) in [5, 5.41) is 3.18. The third-order valence-corrected chi connectivity index (χ3v) is 3.26. The fourth-order valence-electron chi connectivity index (χ4n) is 1.66. The maximum absolute atomic E-state index is 5.15. The molecule has 2 rings (SSSR count). The number of nitrogens with zero attached hydrogens (tertiary/aromatic N) is 2. The topological polar surface area (TPSA) is 47.0 Å². The SMILES string of the molecule is COc1nc(Nc2cccc(C(C)C)c2)ncc1Br. The summed E-state index contributed by atoms with van der Waals surface area (Å²) in [5.74, 6) is 1.51. The van der Waals surface area contributed by atoms with E-state index in [0.717, 1.165) is 10.2 Å². The molecular weight excluding hydrogens is 306 g/mol. The van der Waals surface area contributed by atoms with Gasteiger partial charge in [0, 0.05) is 5.69 Å². The minimum Gasteiger partial charge on any atom is -0.480 e. The van der Waals surface area contributed by atoms with Crippen molar-refractivity contribution in [2.75, 3.05) is 12.4 Å². The Morgan fingerprint density at radius 3 is 2.79 bits per heavy atom. The van der Waals surface area contributed by atoms with Crippen LogP contribution in [-0.4, -0.2) is 17.1 Å². The van der Waals surface area contributed by atoms with Crippen LogP contribution in [0, 0.1) is 0 Å². The van der Waals surface area contributed by atoms with Gasteiger partial charge in [-0.25, -0.2) is 4.98 Å². The number of aromatic nitrogens is 2. The molecular formula is C14H16BrN3O. The van der Waals surface area contributed by atoms with Crippen molar-refractivity contribution in [2.45, 2.75) is 19.8 Å². The molecule has 1 aromatic carbocycles. The van der Waals surface area contributed by atoms with Crippen LogP contribution in [0.15, 0.2) is 34.9 Å². The highest BCUT2D eigenvalue weighted by Gasteiger charge is 2.06. The monoisotopic (exact) mass is 321 g/mol. The number of rotatable bonds is 4. The summed E-state index contributed by atoms with van der Waals surface area (Å²) < 4.78 is 5.88. The van der Waals surface area contributed by atoms with E-state index in [9.17, 15) is 0 Å². The maximum atomic E-state index is 5.15. The first kappa shape index (κ1) is 13.8. The second-order valence-electron chi connectivity index (χ2n) is 4.46. The van der Waals surface area contributed by atoms with Crippen LogP contribution >= 0.6 is 15.9 Å². The van der Waals surface area contributed by atoms with Gasteiger partial charge in [-0.3, -0.25) is 0 Å². The number of hydrogen-bond acceptors (Lipinski definition) is 4. The zero-order valence-electron chi connectivity index (χ0n) is 11.1. The van der Waals surface area contributed by atoms with Gasteiger partial charge in [-0.15, -0.1) is 0 Å². The van der Waals surface area contributed by atoms with Crippen molar-refractivity contribution >= 4 is 27.6 Å². The van der Waals surface area contributed by atoms with Crippen molar-refractivity contribution in [3.8, 4) is 5.88 Å². The van der Waals surface area contributed by atoms with Gasteiger partial charge in [0.2, 0.25) is 11.8 Å². The normalized spacial score (nSPS) is 10.6. The van der Waals surface area contributed by atoms with Gasteiger partial charge in [0.25, 0.3) is 0 Å². The number of ether oxygens (including phenoxy) is 1. The van der Waals surface area contributed by atoms with Crippen molar-refractivity contribution in [3.05, 3.63) is 40.5 Å². The average Bonchev–Trinajstić information content (AvgIpc) is 2.41. The molecule has 0 aliphatic carbocycles. The highest BCUT2D eigenvalue weighted by Crippen LogP contribution is 2.24. The maximum Gasteiger partial charge on any atom is 0.232 e. The van der Waals surface area contributed by atoms with E-state index in [1.165, 1.54) is 5.56 Å². The van der Waals surface area contributed by atoms with Crippen LogP contribution in [0.5, 0.6) is 5.88 Å². The van der Waals surface area contributed by atoms with Gasteiger partial charge in [-0.05, 0) is 39.5 Å². The number of methoxy groups -OCH3 is 1. The van der Waals surface area contributed by atoms with Crippen LogP contribution in [0.3, 0.4) is 0 Å². The minimum atomic E-state index is 0.488. The van der Waals surface area contributed by atoms with Gasteiger partial charge < -0.3 is 10.1 Å². The Kier molecular flexibility index (Phi) is 4.37. The van der Waals surface area contributed by atoms with Crippen LogP contribution in [0.2, 0.25) is 0 Å². The van der Waals surface area contributed by atoms with Crippen molar-refractivity contribution in [3.63, 3.8) is 0 Å². The molecule has 2 aromatic rings. The molecule has 4 nitrogen and oxygen atoms in total. The highest BCUT2D eigenvalue weighted by molar-refractivity contribution is 9.10. The fourth-order valence-corrected chi connectivity index (χ4v) is 2.01. The summed E-state index contributed by atoms with van der Waals surface area (Å²) in [6, 6.07) is 8.22. The molecule has 0 aliphatic heterocycles. The first-order valence-electron chi connectivity index (χ1n) is 6.03. The van der Waals surface area contributed by atoms with Crippen LogP contribution in [0.4, 0.5) is 11.6 Å². The van der Waals surface area contributed by atoms with Crippen LogP contribution in [0.25, 0.3) is 0 Å². The highest BCUT2D eigenvalue weighted by atomic mass is 79.9. The number of benzene rings is 1. The Morgan fingerprint density at radius 2 is 2.11 bits per heavy atom. The van der Waals surface area contributed by atoms with Gasteiger partial charge in [0.05, 0.1) is 17.8 Å². The van der Waals surface area contributed by atoms with E-state index in [2.05, 4.69) is 57.2 Å². The molecule has 0 bridgehead atoms. The molecule has 0 saturated heterocycles. The summed E-state index contributed by atoms with van der Waals surface area (Å²) in [6.07, 6.45) is 1.67. The minimum absolute atomic E-state index is 0.488. The zero-order chi connectivity index (χ0) is 13.8. The molecule has 0 saturated carbocycles. The summed E-state index contributed by atoms with van der Waals surface area (Å²) >= 11 is 3.33. The number of hydrogen-bond donors (Lipinski definition) is 1. The lowest BCUT2D eigenvalue weighted by Crippen LogP contribution is -2.00. The number of halogens is 1. The summed E-state index contributed by atoms with van der Waals surface area (Å²) in [5.41, 5.74) is 2.24. The predicted molar refractivity (Wildman–Crippen MR) is 80.1 cm³/mol. The van der Waals surface area contributed by atoms with Gasteiger partial charge in [0.15, 0.2) is 0 Å². The molecule has 0 amide bonds. The van der Waals surface area contributed by atoms with Crippen molar-refractivity contribution in [1.29, 1.82) is 0 Å². The molecule has 5 heteroatoms. The molecule has 1 aromatic heterocycles. The number of anilines is 2. The Bertz CT molecular complexity index is 572. The Balaban J connectivity index is 2.23. The Labute approximate surface area is 121 Å². The molecule has 0 radical (unpaired) electrons. The Morgan fingerprint density at radius 1 is 1.32 bits per heavy atom. The lowest BCUT2D eigenvalue weighted by atomic mass is 10.0. The second kappa shape index (κ2) is 6.02. The molecule has 1 heterocycles. The Hall–Kier alpha value is -1.62. The first-order chi connectivity index (χ1) is 9.10. The lowest BCUT2D eigenvalue weighted by Gasteiger charge is -2.10. The smallest absolute Gasteiger partial charge is 0.232 e. The summed E-state index contributed by atoms with van der Waals surface area (Å²) in [4.78, 5) is 8.48. The van der Waals surface area contributed by atoms with Gasteiger partial charge in [-0.2, -0.15) is 4.98 Å². The predicted octanol–water partition coefficient (Wildman–Crippen LogP) is 4.11. The van der Waals surface area contributed by atoms with Crippen LogP contribution in [0.1, 0.15) is 25.3 Å². The molecule has 0 fully saturated rings. The lowest BCUT2D eigenvalue weighted by molar-refractivity contribution is 0.394. The zero-order valence-corrected chi connectivity index (χ0v) is 12.7. The van der Waals surface area contributed by atoms with E-state index in [1.54, 1.807) is 13.3 Å². The third kappa shape index (κ3) is 3.44. The van der Waals surface area contributed by atoms with Gasteiger partial charge in [-0.1, -0.05) is 26.0 Å². The van der Waals surface area contributed by atoms with E-state index >= 15 is 0 Å². The molecule has 0 atom stereocenters. The molecule has 0 aliphatic rings. The fraction of sp³-hybridized carbons (Fsp3) is 0.286.